The van der Waals surface area contributed by atoms with Gasteiger partial charge in [0, 0.05) is 18.6 Å². The van der Waals surface area contributed by atoms with Gasteiger partial charge in [0.05, 0.1) is 19.1 Å². The highest BCUT2D eigenvalue weighted by molar-refractivity contribution is 5.80. The lowest BCUT2D eigenvalue weighted by Crippen LogP contribution is -2.47. The number of carbonyl (C=O) groups excluding carboxylic acids is 1. The summed E-state index contributed by atoms with van der Waals surface area (Å²) in [5.41, 5.74) is 0. The summed E-state index contributed by atoms with van der Waals surface area (Å²) < 4.78 is 5.35. The molecule has 4 heteroatoms. The van der Waals surface area contributed by atoms with Gasteiger partial charge in [0.2, 0.25) is 5.91 Å². The zero-order chi connectivity index (χ0) is 11.4. The minimum Gasteiger partial charge on any atom is -0.379 e. The summed E-state index contributed by atoms with van der Waals surface area (Å²) in [7, 11) is 1.88. The van der Waals surface area contributed by atoms with Crippen LogP contribution in [0.2, 0.25) is 0 Å². The van der Waals surface area contributed by atoms with Crippen molar-refractivity contribution in [2.24, 2.45) is 5.92 Å². The minimum absolute atomic E-state index is 0.0163. The van der Waals surface area contributed by atoms with Gasteiger partial charge in [0.15, 0.2) is 0 Å². The predicted molar refractivity (Wildman–Crippen MR) is 59.7 cm³/mol. The molecule has 1 heterocycles. The van der Waals surface area contributed by atoms with Crippen molar-refractivity contribution < 1.29 is 9.53 Å². The van der Waals surface area contributed by atoms with E-state index in [-0.39, 0.29) is 23.9 Å². The molecule has 0 aromatic heterocycles. The van der Waals surface area contributed by atoms with Gasteiger partial charge in [-0.2, -0.15) is 0 Å². The maximum absolute atomic E-state index is 12.2. The highest BCUT2D eigenvalue weighted by atomic mass is 16.5. The molecular formula is C11H22N2O2. The zero-order valence-corrected chi connectivity index (χ0v) is 10.1. The molecule has 1 rings (SSSR count). The second kappa shape index (κ2) is 5.47. The van der Waals surface area contributed by atoms with Crippen molar-refractivity contribution in [3.8, 4) is 0 Å². The van der Waals surface area contributed by atoms with Gasteiger partial charge in [-0.05, 0) is 27.8 Å². The number of amides is 1. The number of carbonyl (C=O) groups is 1. The van der Waals surface area contributed by atoms with E-state index < -0.39 is 0 Å². The smallest absolute Gasteiger partial charge is 0.229 e. The van der Waals surface area contributed by atoms with Crippen LogP contribution < -0.4 is 5.32 Å². The maximum atomic E-state index is 12.2. The third kappa shape index (κ3) is 2.69. The van der Waals surface area contributed by atoms with Crippen molar-refractivity contribution in [2.45, 2.75) is 32.9 Å². The standard InChI is InChI=1S/C11H22N2O2/c1-5-13(8(2)3)11(14)9-6-15-7-10(9)12-4/h8-10,12H,5-7H2,1-4H3. The van der Waals surface area contributed by atoms with Crippen LogP contribution in [0.15, 0.2) is 0 Å². The SMILES string of the molecule is CCN(C(=O)C1COCC1NC)C(C)C. The monoisotopic (exact) mass is 214 g/mol. The Morgan fingerprint density at radius 2 is 2.20 bits per heavy atom. The first kappa shape index (κ1) is 12.5. The van der Waals surface area contributed by atoms with Gasteiger partial charge in [0.1, 0.15) is 0 Å². The first-order chi connectivity index (χ1) is 7.11. The largest absolute Gasteiger partial charge is 0.379 e. The third-order valence-corrected chi connectivity index (χ3v) is 3.02. The Kier molecular flexibility index (Phi) is 4.54. The fourth-order valence-electron chi connectivity index (χ4n) is 2.07. The molecule has 0 bridgehead atoms. The Bertz CT molecular complexity index is 219. The first-order valence-electron chi connectivity index (χ1n) is 5.67. The summed E-state index contributed by atoms with van der Waals surface area (Å²) in [5, 5.41) is 3.14. The van der Waals surface area contributed by atoms with Crippen molar-refractivity contribution in [1.82, 2.24) is 10.2 Å². The molecule has 1 N–H and O–H groups in total. The van der Waals surface area contributed by atoms with Gasteiger partial charge < -0.3 is 15.0 Å². The number of hydrogen-bond donors (Lipinski definition) is 1. The zero-order valence-electron chi connectivity index (χ0n) is 10.1. The molecule has 1 saturated heterocycles. The van der Waals surface area contributed by atoms with Gasteiger partial charge in [-0.25, -0.2) is 0 Å². The second-order valence-electron chi connectivity index (χ2n) is 4.26. The molecule has 1 aliphatic rings. The summed E-state index contributed by atoms with van der Waals surface area (Å²) in [4.78, 5) is 14.1. The fraction of sp³-hybridized carbons (Fsp3) is 0.909. The van der Waals surface area contributed by atoms with Crippen LogP contribution in [0.5, 0.6) is 0 Å². The van der Waals surface area contributed by atoms with Crippen molar-refractivity contribution in [2.75, 3.05) is 26.8 Å². The lowest BCUT2D eigenvalue weighted by atomic mass is 10.0. The Morgan fingerprint density at radius 1 is 1.53 bits per heavy atom. The van der Waals surface area contributed by atoms with E-state index in [4.69, 9.17) is 4.74 Å². The van der Waals surface area contributed by atoms with E-state index in [0.717, 1.165) is 6.54 Å². The minimum atomic E-state index is -0.0163. The van der Waals surface area contributed by atoms with E-state index in [0.29, 0.717) is 13.2 Å². The molecule has 88 valence electrons. The highest BCUT2D eigenvalue weighted by Crippen LogP contribution is 2.17. The van der Waals surface area contributed by atoms with Crippen molar-refractivity contribution >= 4 is 5.91 Å². The van der Waals surface area contributed by atoms with E-state index in [1.54, 1.807) is 0 Å². The Hall–Kier alpha value is -0.610. The van der Waals surface area contributed by atoms with Crippen molar-refractivity contribution in [3.63, 3.8) is 0 Å². The lowest BCUT2D eigenvalue weighted by Gasteiger charge is -2.29. The molecule has 0 saturated carbocycles. The summed E-state index contributed by atoms with van der Waals surface area (Å²) in [6, 6.07) is 0.436. The summed E-state index contributed by atoms with van der Waals surface area (Å²) in [6.45, 7) is 8.07. The molecule has 0 radical (unpaired) electrons. The average molecular weight is 214 g/mol. The van der Waals surface area contributed by atoms with E-state index in [1.165, 1.54) is 0 Å². The molecule has 2 atom stereocenters. The summed E-state index contributed by atoms with van der Waals surface area (Å²) in [6.07, 6.45) is 0. The molecule has 0 aromatic rings. The Balaban J connectivity index is 2.65. The van der Waals surface area contributed by atoms with Gasteiger partial charge in [-0.15, -0.1) is 0 Å². The number of nitrogens with one attached hydrogen (secondary N) is 1. The predicted octanol–water partition coefficient (Wildman–Crippen LogP) is 0.478. The Morgan fingerprint density at radius 3 is 2.67 bits per heavy atom. The van der Waals surface area contributed by atoms with Gasteiger partial charge in [-0.3, -0.25) is 4.79 Å². The van der Waals surface area contributed by atoms with Crippen LogP contribution in [0.1, 0.15) is 20.8 Å². The van der Waals surface area contributed by atoms with Crippen molar-refractivity contribution in [3.05, 3.63) is 0 Å². The molecule has 1 aliphatic heterocycles. The van der Waals surface area contributed by atoms with Gasteiger partial charge in [0.25, 0.3) is 0 Å². The molecule has 1 amide bonds. The fourth-order valence-corrected chi connectivity index (χ4v) is 2.07. The number of rotatable bonds is 4. The topological polar surface area (TPSA) is 41.6 Å². The number of ether oxygens (including phenoxy) is 1. The molecule has 0 spiro atoms. The lowest BCUT2D eigenvalue weighted by molar-refractivity contribution is -0.137. The van der Waals surface area contributed by atoms with E-state index >= 15 is 0 Å². The van der Waals surface area contributed by atoms with Crippen LogP contribution >= 0.6 is 0 Å². The molecule has 0 aromatic carbocycles. The van der Waals surface area contributed by atoms with Gasteiger partial charge >= 0.3 is 0 Å². The van der Waals surface area contributed by atoms with Crippen LogP contribution in [0, 0.1) is 5.92 Å². The quantitative estimate of drug-likeness (QED) is 0.740. The van der Waals surface area contributed by atoms with Crippen LogP contribution in [0.4, 0.5) is 0 Å². The number of nitrogens with zero attached hydrogens (tertiary/aromatic N) is 1. The van der Waals surface area contributed by atoms with Crippen LogP contribution in [-0.4, -0.2) is 49.7 Å². The van der Waals surface area contributed by atoms with E-state index in [2.05, 4.69) is 5.32 Å². The van der Waals surface area contributed by atoms with Crippen LogP contribution in [-0.2, 0) is 9.53 Å². The Labute approximate surface area is 92.0 Å². The summed E-state index contributed by atoms with van der Waals surface area (Å²) >= 11 is 0. The number of likely N-dealkylation sites (N-methyl/N-ethyl adjacent to an activating group) is 1. The van der Waals surface area contributed by atoms with Gasteiger partial charge in [-0.1, -0.05) is 0 Å². The average Bonchev–Trinajstić information content (AvgIpc) is 2.65. The van der Waals surface area contributed by atoms with Crippen LogP contribution in [0.25, 0.3) is 0 Å². The molecule has 0 aliphatic carbocycles. The molecular weight excluding hydrogens is 192 g/mol. The number of hydrogen-bond acceptors (Lipinski definition) is 3. The third-order valence-electron chi connectivity index (χ3n) is 3.02. The highest BCUT2D eigenvalue weighted by Gasteiger charge is 2.35. The van der Waals surface area contributed by atoms with E-state index in [1.807, 2.05) is 32.7 Å². The molecule has 4 nitrogen and oxygen atoms in total. The molecule has 2 unspecified atom stereocenters. The second-order valence-corrected chi connectivity index (χ2v) is 4.26. The molecule has 1 fully saturated rings. The summed E-state index contributed by atoms with van der Waals surface area (Å²) in [5.74, 6) is 0.196. The first-order valence-corrected chi connectivity index (χ1v) is 5.67. The van der Waals surface area contributed by atoms with Crippen LogP contribution in [0.3, 0.4) is 0 Å². The normalized spacial score (nSPS) is 25.9. The van der Waals surface area contributed by atoms with Crippen molar-refractivity contribution in [1.29, 1.82) is 0 Å². The maximum Gasteiger partial charge on any atom is 0.229 e. The van der Waals surface area contributed by atoms with E-state index in [9.17, 15) is 4.79 Å². The molecule has 15 heavy (non-hydrogen) atoms.